The molecule has 29 heavy (non-hydrogen) atoms. The summed E-state index contributed by atoms with van der Waals surface area (Å²) in [7, 11) is 0. The molecule has 0 bridgehead atoms. The Labute approximate surface area is 170 Å². The molecule has 7 nitrogen and oxygen atoms in total. The van der Waals surface area contributed by atoms with Crippen LogP contribution in [0.25, 0.3) is 0 Å². The molecule has 3 rings (SSSR count). The van der Waals surface area contributed by atoms with Crippen molar-refractivity contribution in [3.05, 3.63) is 59.2 Å². The third-order valence-corrected chi connectivity index (χ3v) is 4.54. The number of aryl methyl sites for hydroxylation is 2. The standard InChI is InChI=1S/C22H26N4O3/c1-14-11-15(2)13-19(12-14)26-22(29)24-10-9-23-20(27)16-5-7-18(8-6-16)25-21(28)17-3-4-17/h5-8,11-13,17H,3-4,9-10H2,1-2H3,(H,23,27)(H,25,28)(H2,24,26,29). The van der Waals surface area contributed by atoms with E-state index in [0.717, 1.165) is 29.7 Å². The highest BCUT2D eigenvalue weighted by Crippen LogP contribution is 2.30. The number of nitrogens with one attached hydrogen (secondary N) is 4. The van der Waals surface area contributed by atoms with E-state index in [-0.39, 0.29) is 23.8 Å². The van der Waals surface area contributed by atoms with E-state index in [2.05, 4.69) is 21.3 Å². The highest BCUT2D eigenvalue weighted by Gasteiger charge is 2.29. The molecule has 0 radical (unpaired) electrons. The Kier molecular flexibility index (Phi) is 6.49. The summed E-state index contributed by atoms with van der Waals surface area (Å²) in [4.78, 5) is 35.9. The van der Waals surface area contributed by atoms with Crippen LogP contribution in [0.5, 0.6) is 0 Å². The van der Waals surface area contributed by atoms with E-state index in [1.165, 1.54) is 0 Å². The second kappa shape index (κ2) is 9.23. The summed E-state index contributed by atoms with van der Waals surface area (Å²) in [6, 6.07) is 12.3. The minimum Gasteiger partial charge on any atom is -0.350 e. The quantitative estimate of drug-likeness (QED) is 0.543. The van der Waals surface area contributed by atoms with E-state index in [0.29, 0.717) is 24.3 Å². The number of urea groups is 1. The monoisotopic (exact) mass is 394 g/mol. The maximum absolute atomic E-state index is 12.2. The first-order valence-corrected chi connectivity index (χ1v) is 9.73. The molecule has 152 valence electrons. The summed E-state index contributed by atoms with van der Waals surface area (Å²) >= 11 is 0. The van der Waals surface area contributed by atoms with Gasteiger partial charge >= 0.3 is 6.03 Å². The zero-order valence-corrected chi connectivity index (χ0v) is 16.7. The molecule has 0 aliphatic heterocycles. The number of anilines is 2. The maximum atomic E-state index is 12.2. The Morgan fingerprint density at radius 3 is 2.07 bits per heavy atom. The Bertz CT molecular complexity index is 885. The van der Waals surface area contributed by atoms with E-state index in [1.807, 2.05) is 32.0 Å². The van der Waals surface area contributed by atoms with E-state index in [1.54, 1.807) is 24.3 Å². The summed E-state index contributed by atoms with van der Waals surface area (Å²) in [6.45, 7) is 4.55. The van der Waals surface area contributed by atoms with E-state index in [4.69, 9.17) is 0 Å². The summed E-state index contributed by atoms with van der Waals surface area (Å²) in [5.74, 6) is -0.0634. The number of benzene rings is 2. The molecule has 0 spiro atoms. The number of carbonyl (C=O) groups excluding carboxylic acids is 3. The SMILES string of the molecule is Cc1cc(C)cc(NC(=O)NCCNC(=O)c2ccc(NC(=O)C3CC3)cc2)c1. The third kappa shape index (κ3) is 6.34. The van der Waals surface area contributed by atoms with Crippen LogP contribution in [-0.2, 0) is 4.79 Å². The lowest BCUT2D eigenvalue weighted by Crippen LogP contribution is -2.36. The average molecular weight is 394 g/mol. The van der Waals surface area contributed by atoms with Crippen LogP contribution >= 0.6 is 0 Å². The lowest BCUT2D eigenvalue weighted by atomic mass is 10.1. The molecule has 0 heterocycles. The summed E-state index contributed by atoms with van der Waals surface area (Å²) in [5, 5.41) is 11.1. The highest BCUT2D eigenvalue weighted by atomic mass is 16.2. The van der Waals surface area contributed by atoms with Crippen LogP contribution in [0.1, 0.15) is 34.3 Å². The highest BCUT2D eigenvalue weighted by molar-refractivity contribution is 5.96. The number of hydrogen-bond acceptors (Lipinski definition) is 3. The van der Waals surface area contributed by atoms with Crippen LogP contribution in [0.3, 0.4) is 0 Å². The zero-order chi connectivity index (χ0) is 20.8. The minimum absolute atomic E-state index is 0.0346. The molecule has 1 fully saturated rings. The molecule has 7 heteroatoms. The van der Waals surface area contributed by atoms with Gasteiger partial charge in [0.1, 0.15) is 0 Å². The van der Waals surface area contributed by atoms with Gasteiger partial charge in [-0.15, -0.1) is 0 Å². The normalized spacial score (nSPS) is 12.8. The van der Waals surface area contributed by atoms with Gasteiger partial charge in [0, 0.05) is 35.9 Å². The molecule has 4 N–H and O–H groups in total. The molecular weight excluding hydrogens is 368 g/mol. The Balaban J connectivity index is 1.37. The minimum atomic E-state index is -0.319. The number of rotatable bonds is 7. The molecule has 1 aliphatic carbocycles. The van der Waals surface area contributed by atoms with Gasteiger partial charge in [-0.2, -0.15) is 0 Å². The molecule has 0 atom stereocenters. The Morgan fingerprint density at radius 1 is 0.828 bits per heavy atom. The molecule has 1 aliphatic rings. The molecule has 0 aromatic heterocycles. The lowest BCUT2D eigenvalue weighted by Gasteiger charge is -2.10. The van der Waals surface area contributed by atoms with Gasteiger partial charge in [-0.05, 0) is 74.2 Å². The van der Waals surface area contributed by atoms with Crippen molar-refractivity contribution in [2.45, 2.75) is 26.7 Å². The fourth-order valence-electron chi connectivity index (χ4n) is 2.97. The second-order valence-corrected chi connectivity index (χ2v) is 7.35. The number of hydrogen-bond donors (Lipinski definition) is 4. The topological polar surface area (TPSA) is 99.3 Å². The third-order valence-electron chi connectivity index (χ3n) is 4.54. The van der Waals surface area contributed by atoms with Gasteiger partial charge in [0.2, 0.25) is 5.91 Å². The van der Waals surface area contributed by atoms with Crippen LogP contribution < -0.4 is 21.3 Å². The van der Waals surface area contributed by atoms with Crippen LogP contribution in [0.2, 0.25) is 0 Å². The van der Waals surface area contributed by atoms with E-state index < -0.39 is 0 Å². The molecule has 4 amide bonds. The summed E-state index contributed by atoms with van der Waals surface area (Å²) in [6.07, 6.45) is 1.89. The van der Waals surface area contributed by atoms with Gasteiger partial charge in [-0.3, -0.25) is 9.59 Å². The van der Waals surface area contributed by atoms with Crippen LogP contribution in [-0.4, -0.2) is 30.9 Å². The Hall–Kier alpha value is -3.35. The van der Waals surface area contributed by atoms with Crippen molar-refractivity contribution in [2.75, 3.05) is 23.7 Å². The van der Waals surface area contributed by atoms with Gasteiger partial charge in [0.25, 0.3) is 5.91 Å². The number of amides is 4. The van der Waals surface area contributed by atoms with E-state index in [9.17, 15) is 14.4 Å². The van der Waals surface area contributed by atoms with Crippen molar-refractivity contribution in [3.8, 4) is 0 Å². The average Bonchev–Trinajstić information content (AvgIpc) is 3.50. The van der Waals surface area contributed by atoms with Crippen molar-refractivity contribution >= 4 is 29.2 Å². The van der Waals surface area contributed by atoms with Crippen molar-refractivity contribution in [3.63, 3.8) is 0 Å². The molecule has 2 aromatic carbocycles. The zero-order valence-electron chi connectivity index (χ0n) is 16.7. The summed E-state index contributed by atoms with van der Waals surface area (Å²) < 4.78 is 0. The largest absolute Gasteiger partial charge is 0.350 e. The van der Waals surface area contributed by atoms with Crippen molar-refractivity contribution in [1.82, 2.24) is 10.6 Å². The fourth-order valence-corrected chi connectivity index (χ4v) is 2.97. The lowest BCUT2D eigenvalue weighted by molar-refractivity contribution is -0.117. The first-order chi connectivity index (χ1) is 13.9. The van der Waals surface area contributed by atoms with Gasteiger partial charge in [0.15, 0.2) is 0 Å². The fraction of sp³-hybridized carbons (Fsp3) is 0.318. The molecule has 0 unspecified atom stereocenters. The first kappa shape index (κ1) is 20.4. The van der Waals surface area contributed by atoms with Gasteiger partial charge < -0.3 is 21.3 Å². The summed E-state index contributed by atoms with van der Waals surface area (Å²) in [5.41, 5.74) is 4.06. The molecular formula is C22H26N4O3. The van der Waals surface area contributed by atoms with Crippen LogP contribution in [0.15, 0.2) is 42.5 Å². The molecule has 2 aromatic rings. The first-order valence-electron chi connectivity index (χ1n) is 9.73. The van der Waals surface area contributed by atoms with Gasteiger partial charge in [0.05, 0.1) is 0 Å². The Morgan fingerprint density at radius 2 is 1.45 bits per heavy atom. The smallest absolute Gasteiger partial charge is 0.319 e. The second-order valence-electron chi connectivity index (χ2n) is 7.35. The molecule has 1 saturated carbocycles. The van der Waals surface area contributed by atoms with Crippen molar-refractivity contribution in [1.29, 1.82) is 0 Å². The van der Waals surface area contributed by atoms with Crippen molar-refractivity contribution in [2.24, 2.45) is 5.92 Å². The predicted molar refractivity (Wildman–Crippen MR) is 113 cm³/mol. The van der Waals surface area contributed by atoms with Crippen molar-refractivity contribution < 1.29 is 14.4 Å². The van der Waals surface area contributed by atoms with Gasteiger partial charge in [-0.25, -0.2) is 4.79 Å². The predicted octanol–water partition coefficient (Wildman–Crippen LogP) is 3.20. The van der Waals surface area contributed by atoms with Crippen LogP contribution in [0, 0.1) is 19.8 Å². The van der Waals surface area contributed by atoms with Crippen LogP contribution in [0.4, 0.5) is 16.2 Å². The van der Waals surface area contributed by atoms with E-state index >= 15 is 0 Å². The number of carbonyl (C=O) groups is 3. The van der Waals surface area contributed by atoms with Gasteiger partial charge in [-0.1, -0.05) is 6.07 Å². The molecule has 0 saturated heterocycles. The maximum Gasteiger partial charge on any atom is 0.319 e.